The van der Waals surface area contributed by atoms with Crippen molar-refractivity contribution < 1.29 is 8.42 Å². The molecule has 0 fully saturated rings. The van der Waals surface area contributed by atoms with Crippen molar-refractivity contribution in [1.82, 2.24) is 4.72 Å². The zero-order chi connectivity index (χ0) is 14.6. The topological polar surface area (TPSA) is 72.2 Å². The lowest BCUT2D eigenvalue weighted by Crippen LogP contribution is -2.34. The van der Waals surface area contributed by atoms with Gasteiger partial charge in [-0.25, -0.2) is 13.1 Å². The summed E-state index contributed by atoms with van der Waals surface area (Å²) >= 11 is 10.7. The Balaban J connectivity index is 3.01. The van der Waals surface area contributed by atoms with Crippen molar-refractivity contribution >= 4 is 55.0 Å². The van der Waals surface area contributed by atoms with E-state index >= 15 is 0 Å². The average Bonchev–Trinajstić information content (AvgIpc) is 2.30. The van der Waals surface area contributed by atoms with Gasteiger partial charge < -0.3 is 5.73 Å². The van der Waals surface area contributed by atoms with Crippen molar-refractivity contribution in [3.63, 3.8) is 0 Å². The van der Waals surface area contributed by atoms with Crippen LogP contribution in [0.1, 0.15) is 13.8 Å². The molecule has 4 nitrogen and oxygen atoms in total. The van der Waals surface area contributed by atoms with Crippen molar-refractivity contribution in [3.8, 4) is 0 Å². The molecule has 0 saturated heterocycles. The van der Waals surface area contributed by atoms with E-state index in [4.69, 9.17) is 17.3 Å². The molecule has 1 aromatic rings. The van der Waals surface area contributed by atoms with Crippen LogP contribution in [-0.2, 0) is 10.0 Å². The number of thioether (sulfide) groups is 1. The molecule has 1 rings (SSSR count). The Bertz CT molecular complexity index is 552. The minimum Gasteiger partial charge on any atom is -0.398 e. The summed E-state index contributed by atoms with van der Waals surface area (Å²) in [6, 6.07) is 2.72. The number of halogens is 2. The van der Waals surface area contributed by atoms with Gasteiger partial charge in [0.05, 0.1) is 9.37 Å². The molecule has 19 heavy (non-hydrogen) atoms. The SMILES string of the molecule is CCSCC(C)NS(=O)(=O)c1cc(Cl)cc(N)c1Br. The van der Waals surface area contributed by atoms with Crippen molar-refractivity contribution in [2.45, 2.75) is 24.8 Å². The molecule has 0 radical (unpaired) electrons. The quantitative estimate of drug-likeness (QED) is 0.736. The summed E-state index contributed by atoms with van der Waals surface area (Å²) in [5.74, 6) is 1.66. The maximum atomic E-state index is 12.3. The molecule has 108 valence electrons. The Labute approximate surface area is 131 Å². The van der Waals surface area contributed by atoms with E-state index in [1.165, 1.54) is 12.1 Å². The Kier molecular flexibility index (Phi) is 6.46. The maximum absolute atomic E-state index is 12.3. The molecule has 3 N–H and O–H groups in total. The number of nitrogen functional groups attached to an aromatic ring is 1. The fourth-order valence-corrected chi connectivity index (χ4v) is 4.75. The van der Waals surface area contributed by atoms with Crippen molar-refractivity contribution in [3.05, 3.63) is 21.6 Å². The predicted molar refractivity (Wildman–Crippen MR) is 86.3 cm³/mol. The van der Waals surface area contributed by atoms with Crippen LogP contribution in [0, 0.1) is 0 Å². The highest BCUT2D eigenvalue weighted by molar-refractivity contribution is 9.10. The molecule has 1 unspecified atom stereocenters. The second-order valence-electron chi connectivity index (χ2n) is 3.99. The lowest BCUT2D eigenvalue weighted by molar-refractivity contribution is 0.570. The largest absolute Gasteiger partial charge is 0.398 e. The van der Waals surface area contributed by atoms with E-state index in [0.29, 0.717) is 15.9 Å². The van der Waals surface area contributed by atoms with Gasteiger partial charge in [0.2, 0.25) is 10.0 Å². The number of nitrogens with one attached hydrogen (secondary N) is 1. The van der Waals surface area contributed by atoms with E-state index < -0.39 is 10.0 Å². The summed E-state index contributed by atoms with van der Waals surface area (Å²) in [6.07, 6.45) is 0. The number of anilines is 1. The number of hydrogen-bond donors (Lipinski definition) is 2. The Morgan fingerprint density at radius 3 is 2.74 bits per heavy atom. The van der Waals surface area contributed by atoms with Crippen LogP contribution in [0.2, 0.25) is 5.02 Å². The molecule has 0 spiro atoms. The second kappa shape index (κ2) is 7.17. The predicted octanol–water partition coefficient (Wildman–Crippen LogP) is 3.10. The standard InChI is InChI=1S/C11H16BrClN2O2S2/c1-3-18-6-7(2)15-19(16,17)10-5-8(13)4-9(14)11(10)12/h4-5,7,15H,3,6,14H2,1-2H3. The van der Waals surface area contributed by atoms with Gasteiger partial charge in [-0.05, 0) is 40.7 Å². The highest BCUT2D eigenvalue weighted by atomic mass is 79.9. The van der Waals surface area contributed by atoms with Crippen LogP contribution in [0.4, 0.5) is 5.69 Å². The third-order valence-electron chi connectivity index (χ3n) is 2.25. The van der Waals surface area contributed by atoms with Gasteiger partial charge in [-0.2, -0.15) is 11.8 Å². The van der Waals surface area contributed by atoms with E-state index in [9.17, 15) is 8.42 Å². The van der Waals surface area contributed by atoms with Crippen molar-refractivity contribution in [2.24, 2.45) is 0 Å². The number of sulfonamides is 1. The highest BCUT2D eigenvalue weighted by Gasteiger charge is 2.22. The minimum atomic E-state index is -3.64. The molecule has 0 aliphatic rings. The lowest BCUT2D eigenvalue weighted by Gasteiger charge is -2.15. The Morgan fingerprint density at radius 2 is 2.16 bits per heavy atom. The molecular weight excluding hydrogens is 372 g/mol. The van der Waals surface area contributed by atoms with Gasteiger partial charge in [-0.1, -0.05) is 18.5 Å². The van der Waals surface area contributed by atoms with Crippen molar-refractivity contribution in [2.75, 3.05) is 17.2 Å². The lowest BCUT2D eigenvalue weighted by atomic mass is 10.3. The van der Waals surface area contributed by atoms with Gasteiger partial charge >= 0.3 is 0 Å². The van der Waals surface area contributed by atoms with Crippen LogP contribution in [-0.4, -0.2) is 26.0 Å². The average molecular weight is 388 g/mol. The number of hydrogen-bond acceptors (Lipinski definition) is 4. The first-order valence-corrected chi connectivity index (χ1v) is 9.43. The van der Waals surface area contributed by atoms with E-state index in [0.717, 1.165) is 5.75 Å². The molecule has 0 aliphatic carbocycles. The van der Waals surface area contributed by atoms with Gasteiger partial charge in [0, 0.05) is 22.5 Å². The van der Waals surface area contributed by atoms with Gasteiger partial charge in [0.25, 0.3) is 0 Å². The number of benzene rings is 1. The van der Waals surface area contributed by atoms with Crippen LogP contribution in [0.5, 0.6) is 0 Å². The van der Waals surface area contributed by atoms with Crippen molar-refractivity contribution in [1.29, 1.82) is 0 Å². The number of rotatable bonds is 6. The first-order chi connectivity index (χ1) is 8.77. The summed E-state index contributed by atoms with van der Waals surface area (Å²) in [4.78, 5) is 0.0610. The molecule has 0 aliphatic heterocycles. The summed E-state index contributed by atoms with van der Waals surface area (Å²) in [5, 5.41) is 0.289. The fraction of sp³-hybridized carbons (Fsp3) is 0.455. The third-order valence-corrected chi connectivity index (χ3v) is 6.37. The summed E-state index contributed by atoms with van der Waals surface area (Å²) in [6.45, 7) is 3.85. The molecule has 0 amide bonds. The van der Waals surface area contributed by atoms with Gasteiger partial charge in [-0.15, -0.1) is 0 Å². The zero-order valence-corrected chi connectivity index (χ0v) is 14.6. The van der Waals surface area contributed by atoms with Gasteiger partial charge in [0.15, 0.2) is 0 Å². The van der Waals surface area contributed by atoms with Crippen LogP contribution in [0.25, 0.3) is 0 Å². The smallest absolute Gasteiger partial charge is 0.242 e. The van der Waals surface area contributed by atoms with E-state index in [2.05, 4.69) is 20.7 Å². The number of nitrogens with two attached hydrogens (primary N) is 1. The minimum absolute atomic E-state index is 0.0610. The molecule has 1 atom stereocenters. The monoisotopic (exact) mass is 386 g/mol. The summed E-state index contributed by atoms with van der Waals surface area (Å²) in [5.41, 5.74) is 6.00. The molecular formula is C11H16BrClN2O2S2. The van der Waals surface area contributed by atoms with Crippen LogP contribution < -0.4 is 10.5 Å². The summed E-state index contributed by atoms with van der Waals surface area (Å²) < 4.78 is 27.5. The first-order valence-electron chi connectivity index (χ1n) is 5.62. The maximum Gasteiger partial charge on any atom is 0.242 e. The van der Waals surface area contributed by atoms with E-state index in [1.54, 1.807) is 11.8 Å². The molecule has 0 aromatic heterocycles. The zero-order valence-electron chi connectivity index (χ0n) is 10.6. The molecule has 0 heterocycles. The van der Waals surface area contributed by atoms with Gasteiger partial charge in [0.1, 0.15) is 0 Å². The summed E-state index contributed by atoms with van der Waals surface area (Å²) in [7, 11) is -3.64. The molecule has 0 bridgehead atoms. The van der Waals surface area contributed by atoms with E-state index in [-0.39, 0.29) is 16.0 Å². The first kappa shape index (κ1) is 17.1. The second-order valence-corrected chi connectivity index (χ2v) is 8.22. The third kappa shape index (κ3) is 4.82. The van der Waals surface area contributed by atoms with Gasteiger partial charge in [-0.3, -0.25) is 0 Å². The van der Waals surface area contributed by atoms with Crippen LogP contribution in [0.15, 0.2) is 21.5 Å². The Morgan fingerprint density at radius 1 is 1.53 bits per heavy atom. The fourth-order valence-electron chi connectivity index (χ4n) is 1.44. The normalized spacial score (nSPS) is 13.5. The van der Waals surface area contributed by atoms with E-state index in [1.807, 2.05) is 13.8 Å². The van der Waals surface area contributed by atoms with Crippen LogP contribution >= 0.6 is 39.3 Å². The molecule has 8 heteroatoms. The Hall–Kier alpha value is 0.0500. The molecule has 1 aromatic carbocycles. The highest BCUT2D eigenvalue weighted by Crippen LogP contribution is 2.31. The molecule has 0 saturated carbocycles. The van der Waals surface area contributed by atoms with Crippen LogP contribution in [0.3, 0.4) is 0 Å².